The van der Waals surface area contributed by atoms with Crippen molar-refractivity contribution >= 4 is 22.6 Å². The lowest BCUT2D eigenvalue weighted by Crippen LogP contribution is -2.08. The van der Waals surface area contributed by atoms with E-state index in [1.807, 2.05) is 18.5 Å². The summed E-state index contributed by atoms with van der Waals surface area (Å²) in [5.41, 5.74) is 1.49. The molecule has 3 aromatic rings. The van der Waals surface area contributed by atoms with Gasteiger partial charge in [0.15, 0.2) is 5.82 Å². The second kappa shape index (κ2) is 5.44. The number of aromatic nitrogens is 5. The molecule has 0 fully saturated rings. The van der Waals surface area contributed by atoms with Crippen LogP contribution >= 0.6 is 11.6 Å². The standard InChI is InChI=1S/C14H15ClFN5/c1-9(15)14-18-11-4-3-10(16)7-12(11)21(14)6-5-13-17-8-20(2)19-13/h3-4,7-9H,5-6H2,1-2H3. The average molecular weight is 308 g/mol. The molecular weight excluding hydrogens is 293 g/mol. The van der Waals surface area contributed by atoms with Crippen molar-refractivity contribution in [2.45, 2.75) is 25.3 Å². The summed E-state index contributed by atoms with van der Waals surface area (Å²) in [4.78, 5) is 8.69. The van der Waals surface area contributed by atoms with Gasteiger partial charge in [-0.15, -0.1) is 11.6 Å². The molecule has 0 aliphatic heterocycles. The quantitative estimate of drug-likeness (QED) is 0.696. The molecule has 0 bridgehead atoms. The van der Waals surface area contributed by atoms with Gasteiger partial charge in [-0.1, -0.05) is 0 Å². The van der Waals surface area contributed by atoms with E-state index in [1.54, 1.807) is 17.1 Å². The van der Waals surface area contributed by atoms with E-state index in [0.29, 0.717) is 13.0 Å². The molecular formula is C14H15ClFN5. The molecule has 0 N–H and O–H groups in total. The molecule has 5 nitrogen and oxygen atoms in total. The van der Waals surface area contributed by atoms with Gasteiger partial charge in [-0.25, -0.2) is 14.4 Å². The summed E-state index contributed by atoms with van der Waals surface area (Å²) in [6, 6.07) is 4.56. The van der Waals surface area contributed by atoms with E-state index in [0.717, 1.165) is 22.7 Å². The smallest absolute Gasteiger partial charge is 0.152 e. The van der Waals surface area contributed by atoms with Crippen molar-refractivity contribution in [1.29, 1.82) is 0 Å². The highest BCUT2D eigenvalue weighted by Crippen LogP contribution is 2.25. The molecule has 2 heterocycles. The van der Waals surface area contributed by atoms with Crippen LogP contribution in [0.3, 0.4) is 0 Å². The van der Waals surface area contributed by atoms with Crippen LogP contribution in [0, 0.1) is 5.82 Å². The fourth-order valence-corrected chi connectivity index (χ4v) is 2.53. The summed E-state index contributed by atoms with van der Waals surface area (Å²) < 4.78 is 17.1. The van der Waals surface area contributed by atoms with Gasteiger partial charge in [0, 0.05) is 20.0 Å². The third-order valence-corrected chi connectivity index (χ3v) is 3.50. The van der Waals surface area contributed by atoms with Crippen molar-refractivity contribution in [1.82, 2.24) is 24.3 Å². The molecule has 1 unspecified atom stereocenters. The minimum absolute atomic E-state index is 0.253. The number of hydrogen-bond donors (Lipinski definition) is 0. The van der Waals surface area contributed by atoms with Crippen molar-refractivity contribution < 1.29 is 4.39 Å². The Hall–Kier alpha value is -1.95. The normalized spacial score (nSPS) is 13.0. The lowest BCUT2D eigenvalue weighted by Gasteiger charge is -2.09. The van der Waals surface area contributed by atoms with E-state index in [4.69, 9.17) is 11.6 Å². The zero-order valence-electron chi connectivity index (χ0n) is 11.8. The molecule has 1 aromatic carbocycles. The van der Waals surface area contributed by atoms with E-state index in [1.165, 1.54) is 12.1 Å². The van der Waals surface area contributed by atoms with Gasteiger partial charge in [0.2, 0.25) is 0 Å². The van der Waals surface area contributed by atoms with Crippen molar-refractivity contribution in [3.8, 4) is 0 Å². The first-order chi connectivity index (χ1) is 10.0. The molecule has 0 amide bonds. The molecule has 110 valence electrons. The lowest BCUT2D eigenvalue weighted by atomic mass is 10.3. The molecule has 0 saturated heterocycles. The van der Waals surface area contributed by atoms with Gasteiger partial charge < -0.3 is 4.57 Å². The van der Waals surface area contributed by atoms with Crippen molar-refractivity contribution in [2.24, 2.45) is 7.05 Å². The molecule has 3 rings (SSSR count). The number of hydrogen-bond acceptors (Lipinski definition) is 3. The molecule has 0 spiro atoms. The second-order valence-electron chi connectivity index (χ2n) is 4.96. The fourth-order valence-electron chi connectivity index (χ4n) is 2.36. The molecule has 7 heteroatoms. The minimum Gasteiger partial charge on any atom is -0.326 e. The summed E-state index contributed by atoms with van der Waals surface area (Å²) >= 11 is 6.19. The Morgan fingerprint density at radius 2 is 2.19 bits per heavy atom. The zero-order valence-corrected chi connectivity index (χ0v) is 12.5. The summed E-state index contributed by atoms with van der Waals surface area (Å²) in [5, 5.41) is 3.99. The third-order valence-electron chi connectivity index (χ3n) is 3.30. The van der Waals surface area contributed by atoms with Gasteiger partial charge in [0.25, 0.3) is 0 Å². The number of alkyl halides is 1. The first kappa shape index (κ1) is 14.0. The Bertz CT molecular complexity index is 777. The van der Waals surface area contributed by atoms with Crippen LogP contribution in [0.5, 0.6) is 0 Å². The van der Waals surface area contributed by atoms with Gasteiger partial charge in [-0.3, -0.25) is 4.68 Å². The minimum atomic E-state index is -0.284. The number of aryl methyl sites for hydroxylation is 3. The number of benzene rings is 1. The maximum atomic E-state index is 13.5. The van der Waals surface area contributed by atoms with Crippen LogP contribution in [0.1, 0.15) is 23.9 Å². The first-order valence-corrected chi connectivity index (χ1v) is 7.12. The predicted molar refractivity (Wildman–Crippen MR) is 78.7 cm³/mol. The number of fused-ring (bicyclic) bond motifs is 1. The number of imidazole rings is 1. The average Bonchev–Trinajstić information content (AvgIpc) is 3.00. The van der Waals surface area contributed by atoms with Crippen LogP contribution in [-0.4, -0.2) is 24.3 Å². The molecule has 0 radical (unpaired) electrons. The van der Waals surface area contributed by atoms with Crippen LogP contribution < -0.4 is 0 Å². The Balaban J connectivity index is 1.98. The second-order valence-corrected chi connectivity index (χ2v) is 5.61. The number of rotatable bonds is 4. The van der Waals surface area contributed by atoms with Crippen LogP contribution in [0.2, 0.25) is 0 Å². The largest absolute Gasteiger partial charge is 0.326 e. The monoisotopic (exact) mass is 307 g/mol. The SMILES string of the molecule is CC(Cl)c1nc2ccc(F)cc2n1CCc1ncn(C)n1. The van der Waals surface area contributed by atoms with Crippen molar-refractivity contribution in [3.05, 3.63) is 42.0 Å². The van der Waals surface area contributed by atoms with E-state index >= 15 is 0 Å². The van der Waals surface area contributed by atoms with Crippen LogP contribution in [0.25, 0.3) is 11.0 Å². The topological polar surface area (TPSA) is 48.5 Å². The van der Waals surface area contributed by atoms with Gasteiger partial charge in [0.05, 0.1) is 16.4 Å². The first-order valence-electron chi connectivity index (χ1n) is 6.69. The highest BCUT2D eigenvalue weighted by molar-refractivity contribution is 6.20. The van der Waals surface area contributed by atoms with Gasteiger partial charge >= 0.3 is 0 Å². The van der Waals surface area contributed by atoms with Crippen LogP contribution in [0.15, 0.2) is 24.5 Å². The van der Waals surface area contributed by atoms with E-state index < -0.39 is 0 Å². The summed E-state index contributed by atoms with van der Waals surface area (Å²) in [7, 11) is 1.82. The maximum absolute atomic E-state index is 13.5. The van der Waals surface area contributed by atoms with E-state index in [-0.39, 0.29) is 11.2 Å². The predicted octanol–water partition coefficient (Wildman–Crippen LogP) is 2.85. The Morgan fingerprint density at radius 3 is 2.86 bits per heavy atom. The molecule has 2 aromatic heterocycles. The van der Waals surface area contributed by atoms with E-state index in [2.05, 4.69) is 15.1 Å². The highest BCUT2D eigenvalue weighted by atomic mass is 35.5. The Morgan fingerprint density at radius 1 is 1.38 bits per heavy atom. The zero-order chi connectivity index (χ0) is 15.0. The molecule has 21 heavy (non-hydrogen) atoms. The van der Waals surface area contributed by atoms with Crippen molar-refractivity contribution in [3.63, 3.8) is 0 Å². The third kappa shape index (κ3) is 2.76. The lowest BCUT2D eigenvalue weighted by molar-refractivity contribution is 0.622. The number of halogens is 2. The molecule has 1 atom stereocenters. The van der Waals surface area contributed by atoms with Gasteiger partial charge in [0.1, 0.15) is 18.0 Å². The summed E-state index contributed by atoms with van der Waals surface area (Å²) in [6.07, 6.45) is 2.30. The Labute approximate surface area is 126 Å². The van der Waals surface area contributed by atoms with Gasteiger partial charge in [-0.2, -0.15) is 5.10 Å². The van der Waals surface area contributed by atoms with Crippen molar-refractivity contribution in [2.75, 3.05) is 0 Å². The summed E-state index contributed by atoms with van der Waals surface area (Å²) in [5.74, 6) is 1.19. The van der Waals surface area contributed by atoms with Crippen LogP contribution in [0.4, 0.5) is 4.39 Å². The molecule has 0 saturated carbocycles. The highest BCUT2D eigenvalue weighted by Gasteiger charge is 2.16. The molecule has 0 aliphatic rings. The number of nitrogens with zero attached hydrogens (tertiary/aromatic N) is 5. The molecule has 0 aliphatic carbocycles. The summed E-state index contributed by atoms with van der Waals surface area (Å²) in [6.45, 7) is 2.46. The fraction of sp³-hybridized carbons (Fsp3) is 0.357. The van der Waals surface area contributed by atoms with Gasteiger partial charge in [-0.05, 0) is 25.1 Å². The van der Waals surface area contributed by atoms with Crippen LogP contribution in [-0.2, 0) is 20.0 Å². The Kier molecular flexibility index (Phi) is 3.63. The maximum Gasteiger partial charge on any atom is 0.152 e. The van der Waals surface area contributed by atoms with E-state index in [9.17, 15) is 4.39 Å².